The summed E-state index contributed by atoms with van der Waals surface area (Å²) in [6, 6.07) is 15.6. The lowest BCUT2D eigenvalue weighted by Crippen LogP contribution is -2.54. The fourth-order valence-electron chi connectivity index (χ4n) is 6.72. The van der Waals surface area contributed by atoms with Crippen molar-refractivity contribution < 1.29 is 9.13 Å². The summed E-state index contributed by atoms with van der Waals surface area (Å²) in [5, 5.41) is 3.85. The van der Waals surface area contributed by atoms with Crippen molar-refractivity contribution in [2.24, 2.45) is 23.2 Å². The number of hydrogen-bond acceptors (Lipinski definition) is 2. The van der Waals surface area contributed by atoms with E-state index in [1.165, 1.54) is 50.2 Å². The molecule has 4 aliphatic carbocycles. The van der Waals surface area contributed by atoms with E-state index < -0.39 is 0 Å². The summed E-state index contributed by atoms with van der Waals surface area (Å²) in [7, 11) is 0. The maximum Gasteiger partial charge on any atom is 0.129 e. The van der Waals surface area contributed by atoms with Gasteiger partial charge in [0.2, 0.25) is 0 Å². The van der Waals surface area contributed by atoms with Crippen LogP contribution >= 0.6 is 0 Å². The highest BCUT2D eigenvalue weighted by Crippen LogP contribution is 2.61. The van der Waals surface area contributed by atoms with E-state index in [0.29, 0.717) is 17.0 Å². The van der Waals surface area contributed by atoms with Crippen LogP contribution in [0.25, 0.3) is 0 Å². The van der Waals surface area contributed by atoms with E-state index in [0.717, 1.165) is 30.0 Å². The minimum atomic E-state index is -0.213. The monoisotopic (exact) mass is 393 g/mol. The lowest BCUT2D eigenvalue weighted by molar-refractivity contribution is -0.0706. The maximum atomic E-state index is 13.8. The van der Waals surface area contributed by atoms with E-state index in [-0.39, 0.29) is 12.4 Å². The molecule has 0 radical (unpaired) electrons. The van der Waals surface area contributed by atoms with Gasteiger partial charge in [0.15, 0.2) is 0 Å². The van der Waals surface area contributed by atoms with Gasteiger partial charge in [-0.2, -0.15) is 0 Å². The second-order valence-electron chi connectivity index (χ2n) is 9.91. The van der Waals surface area contributed by atoms with Crippen LogP contribution in [0.2, 0.25) is 0 Å². The van der Waals surface area contributed by atoms with Crippen molar-refractivity contribution in [3.05, 3.63) is 65.5 Å². The first-order valence-electron chi connectivity index (χ1n) is 11.3. The molecule has 0 aromatic heterocycles. The zero-order chi connectivity index (χ0) is 19.8. The summed E-state index contributed by atoms with van der Waals surface area (Å²) in [6.07, 6.45) is 8.77. The molecule has 2 aromatic rings. The quantitative estimate of drug-likeness (QED) is 0.614. The third-order valence-corrected chi connectivity index (χ3v) is 7.87. The van der Waals surface area contributed by atoms with Crippen LogP contribution < -0.4 is 10.1 Å². The fourth-order valence-corrected chi connectivity index (χ4v) is 6.72. The van der Waals surface area contributed by atoms with Crippen molar-refractivity contribution in [3.63, 3.8) is 0 Å². The number of hydrogen-bond donors (Lipinski definition) is 1. The highest BCUT2D eigenvalue weighted by atomic mass is 19.1. The minimum absolute atomic E-state index is 0.213. The lowest BCUT2D eigenvalue weighted by atomic mass is 9.48. The van der Waals surface area contributed by atoms with Gasteiger partial charge in [0.25, 0.3) is 0 Å². The van der Waals surface area contributed by atoms with E-state index in [1.54, 1.807) is 12.1 Å². The predicted molar refractivity (Wildman–Crippen MR) is 114 cm³/mol. The van der Waals surface area contributed by atoms with Gasteiger partial charge < -0.3 is 10.1 Å². The Bertz CT molecular complexity index is 828. The Hall–Kier alpha value is -1.87. The average molecular weight is 394 g/mol. The predicted octanol–water partition coefficient (Wildman–Crippen LogP) is 6.10. The molecule has 0 spiro atoms. The highest BCUT2D eigenvalue weighted by Gasteiger charge is 2.52. The van der Waals surface area contributed by atoms with Gasteiger partial charge in [0.05, 0.1) is 0 Å². The second-order valence-corrected chi connectivity index (χ2v) is 9.91. The standard InChI is InChI=1S/C26H32FNO/c1-18(26-13-20-9-21(14-26)11-22(10-20)15-26)28-16-19-5-4-7-24(12-19)29-17-23-6-2-3-8-25(23)27/h2-8,12,18,20-22,28H,9-11,13-17H2,1H3/t18-,20?,21?,22?,26?/m1/s1. The third-order valence-electron chi connectivity index (χ3n) is 7.87. The fraction of sp³-hybridized carbons (Fsp3) is 0.538. The summed E-state index contributed by atoms with van der Waals surface area (Å²) in [6.45, 7) is 3.53. The van der Waals surface area contributed by atoms with Gasteiger partial charge in [-0.25, -0.2) is 4.39 Å². The normalized spacial score (nSPS) is 31.0. The van der Waals surface area contributed by atoms with Gasteiger partial charge in [-0.3, -0.25) is 0 Å². The molecule has 154 valence electrons. The first-order chi connectivity index (χ1) is 14.1. The van der Waals surface area contributed by atoms with E-state index in [1.807, 2.05) is 18.2 Å². The topological polar surface area (TPSA) is 21.3 Å². The van der Waals surface area contributed by atoms with Gasteiger partial charge in [-0.15, -0.1) is 0 Å². The number of nitrogens with one attached hydrogen (secondary N) is 1. The maximum absolute atomic E-state index is 13.8. The Morgan fingerprint density at radius 1 is 1.00 bits per heavy atom. The molecule has 1 N–H and O–H groups in total. The van der Waals surface area contributed by atoms with Crippen LogP contribution in [0.4, 0.5) is 4.39 Å². The SMILES string of the molecule is C[C@@H](NCc1cccc(OCc2ccccc2F)c1)C12CC3CC(CC(C3)C1)C2. The summed E-state index contributed by atoms with van der Waals surface area (Å²) in [5.41, 5.74) is 2.34. The number of halogens is 1. The van der Waals surface area contributed by atoms with Crippen molar-refractivity contribution in [2.45, 2.75) is 64.6 Å². The van der Waals surface area contributed by atoms with Crippen LogP contribution in [0, 0.1) is 29.0 Å². The van der Waals surface area contributed by atoms with Gasteiger partial charge in [-0.05, 0) is 92.4 Å². The van der Waals surface area contributed by atoms with Gasteiger partial charge in [0.1, 0.15) is 18.2 Å². The summed E-state index contributed by atoms with van der Waals surface area (Å²) in [5.74, 6) is 3.55. The van der Waals surface area contributed by atoms with Crippen molar-refractivity contribution in [2.75, 3.05) is 0 Å². The molecular formula is C26H32FNO. The molecule has 0 amide bonds. The smallest absolute Gasteiger partial charge is 0.129 e. The van der Waals surface area contributed by atoms with E-state index in [4.69, 9.17) is 4.74 Å². The lowest BCUT2D eigenvalue weighted by Gasteiger charge is -2.59. The Labute approximate surface area is 173 Å². The Morgan fingerprint density at radius 3 is 2.38 bits per heavy atom. The average Bonchev–Trinajstić information content (AvgIpc) is 2.71. The largest absolute Gasteiger partial charge is 0.489 e. The van der Waals surface area contributed by atoms with Crippen molar-refractivity contribution in [1.82, 2.24) is 5.32 Å². The minimum Gasteiger partial charge on any atom is -0.489 e. The number of rotatable bonds is 7. The van der Waals surface area contributed by atoms with Crippen molar-refractivity contribution >= 4 is 0 Å². The molecule has 4 aliphatic rings. The summed E-state index contributed by atoms with van der Waals surface area (Å²) >= 11 is 0. The molecule has 4 fully saturated rings. The van der Waals surface area contributed by atoms with E-state index in [2.05, 4.69) is 24.4 Å². The molecule has 2 nitrogen and oxygen atoms in total. The van der Waals surface area contributed by atoms with E-state index >= 15 is 0 Å². The van der Waals surface area contributed by atoms with Gasteiger partial charge >= 0.3 is 0 Å². The Morgan fingerprint density at radius 2 is 1.69 bits per heavy atom. The van der Waals surface area contributed by atoms with Crippen LogP contribution in [-0.4, -0.2) is 6.04 Å². The van der Waals surface area contributed by atoms with Crippen LogP contribution in [-0.2, 0) is 13.2 Å². The molecule has 29 heavy (non-hydrogen) atoms. The molecule has 0 unspecified atom stereocenters. The van der Waals surface area contributed by atoms with Crippen molar-refractivity contribution in [3.8, 4) is 5.75 Å². The van der Waals surface area contributed by atoms with Crippen molar-refractivity contribution in [1.29, 1.82) is 0 Å². The molecule has 3 heteroatoms. The first kappa shape index (κ1) is 19.1. The number of ether oxygens (including phenoxy) is 1. The zero-order valence-electron chi connectivity index (χ0n) is 17.4. The first-order valence-corrected chi connectivity index (χ1v) is 11.3. The van der Waals surface area contributed by atoms with Gasteiger partial charge in [0, 0.05) is 18.2 Å². The third kappa shape index (κ3) is 3.94. The molecule has 2 aromatic carbocycles. The second kappa shape index (κ2) is 7.75. The Kier molecular flexibility index (Phi) is 5.11. The molecular weight excluding hydrogens is 361 g/mol. The number of benzene rings is 2. The van der Waals surface area contributed by atoms with Crippen LogP contribution in [0.3, 0.4) is 0 Å². The van der Waals surface area contributed by atoms with Crippen LogP contribution in [0.1, 0.15) is 56.6 Å². The van der Waals surface area contributed by atoms with Crippen LogP contribution in [0.5, 0.6) is 5.75 Å². The molecule has 0 aliphatic heterocycles. The van der Waals surface area contributed by atoms with Gasteiger partial charge in [-0.1, -0.05) is 30.3 Å². The Balaban J connectivity index is 1.19. The summed E-state index contributed by atoms with van der Waals surface area (Å²) in [4.78, 5) is 0. The van der Waals surface area contributed by atoms with E-state index in [9.17, 15) is 4.39 Å². The molecule has 0 saturated heterocycles. The zero-order valence-corrected chi connectivity index (χ0v) is 17.4. The molecule has 0 heterocycles. The molecule has 1 atom stereocenters. The van der Waals surface area contributed by atoms with Crippen LogP contribution in [0.15, 0.2) is 48.5 Å². The molecule has 6 rings (SSSR count). The summed E-state index contributed by atoms with van der Waals surface area (Å²) < 4.78 is 19.7. The molecule has 4 bridgehead atoms. The molecule has 4 saturated carbocycles. The highest BCUT2D eigenvalue weighted by molar-refractivity contribution is 5.29.